The van der Waals surface area contributed by atoms with Gasteiger partial charge in [0.05, 0.1) is 17.5 Å². The average Bonchev–Trinajstić information content (AvgIpc) is 1.84. The molecule has 0 bridgehead atoms. The fourth-order valence-corrected chi connectivity index (χ4v) is 0.816. The largest absolute Gasteiger partial charge is 0.394 e. The molecule has 0 aliphatic rings. The van der Waals surface area contributed by atoms with Crippen molar-refractivity contribution >= 4 is 31.9 Å². The number of rotatable bonds is 3. The Balaban J connectivity index is 3.29. The molecule has 50 valence electrons. The molecule has 2 unspecified atom stereocenters. The lowest BCUT2D eigenvalue weighted by molar-refractivity contribution is 0.0989. The van der Waals surface area contributed by atoms with Crippen LogP contribution in [0.4, 0.5) is 0 Å². The molecule has 0 radical (unpaired) electrons. The van der Waals surface area contributed by atoms with E-state index in [4.69, 9.17) is 10.2 Å². The number of aliphatic hydroxyl groups is 2. The van der Waals surface area contributed by atoms with E-state index in [9.17, 15) is 0 Å². The molecular formula is C4H8Br2O2. The molecule has 4 heteroatoms. The van der Waals surface area contributed by atoms with Crippen molar-refractivity contribution < 1.29 is 10.2 Å². The summed E-state index contributed by atoms with van der Waals surface area (Å²) in [5, 5.41) is 17.8. The van der Waals surface area contributed by atoms with Crippen LogP contribution in [0.15, 0.2) is 0 Å². The highest BCUT2D eigenvalue weighted by atomic mass is 79.9. The Hall–Kier alpha value is 0.880. The highest BCUT2D eigenvalue weighted by Gasteiger charge is 2.11. The van der Waals surface area contributed by atoms with Crippen molar-refractivity contribution in [2.75, 3.05) is 11.9 Å². The van der Waals surface area contributed by atoms with E-state index in [-0.39, 0.29) is 11.4 Å². The zero-order valence-corrected chi connectivity index (χ0v) is 7.39. The van der Waals surface area contributed by atoms with Gasteiger partial charge >= 0.3 is 0 Å². The minimum Gasteiger partial charge on any atom is -0.394 e. The number of aliphatic hydroxyl groups excluding tert-OH is 2. The summed E-state index contributed by atoms with van der Waals surface area (Å²) < 4.78 is 0. The predicted octanol–water partition coefficient (Wildman–Crippen LogP) is 0.498. The Kier molecular flexibility index (Phi) is 5.25. The van der Waals surface area contributed by atoms with Gasteiger partial charge in [-0.2, -0.15) is 0 Å². The summed E-state index contributed by atoms with van der Waals surface area (Å²) in [4.78, 5) is -0.0486. The molecule has 0 heterocycles. The third kappa shape index (κ3) is 3.02. The van der Waals surface area contributed by atoms with Gasteiger partial charge in [0.1, 0.15) is 0 Å². The Morgan fingerprint density at radius 2 is 2.00 bits per heavy atom. The van der Waals surface area contributed by atoms with Crippen molar-refractivity contribution in [2.45, 2.75) is 10.9 Å². The summed E-state index contributed by atoms with van der Waals surface area (Å²) in [6.45, 7) is -0.193. The first-order valence-corrected chi connectivity index (χ1v) is 4.25. The lowest BCUT2D eigenvalue weighted by atomic mass is 10.3. The maximum absolute atomic E-state index is 8.80. The van der Waals surface area contributed by atoms with Crippen molar-refractivity contribution in [3.63, 3.8) is 0 Å². The SMILES string of the molecule is OCC(O)C(Br)CBr. The minimum absolute atomic E-state index is 0.0486. The van der Waals surface area contributed by atoms with Gasteiger partial charge in [0, 0.05) is 5.33 Å². The van der Waals surface area contributed by atoms with E-state index in [1.807, 2.05) is 0 Å². The quantitative estimate of drug-likeness (QED) is 0.714. The minimum atomic E-state index is -0.658. The molecule has 0 saturated heterocycles. The van der Waals surface area contributed by atoms with E-state index >= 15 is 0 Å². The maximum atomic E-state index is 8.80. The highest BCUT2D eigenvalue weighted by Crippen LogP contribution is 2.07. The van der Waals surface area contributed by atoms with Crippen LogP contribution >= 0.6 is 31.9 Å². The number of hydrogen-bond acceptors (Lipinski definition) is 2. The molecule has 0 rings (SSSR count). The fraction of sp³-hybridized carbons (Fsp3) is 1.00. The average molecular weight is 248 g/mol. The third-order valence-corrected chi connectivity index (χ3v) is 3.25. The lowest BCUT2D eigenvalue weighted by Crippen LogP contribution is -2.25. The van der Waals surface area contributed by atoms with Crippen molar-refractivity contribution in [1.29, 1.82) is 0 Å². The second-order valence-corrected chi connectivity index (χ2v) is 3.24. The Bertz CT molecular complexity index is 52.0. The van der Waals surface area contributed by atoms with E-state index in [0.717, 1.165) is 0 Å². The van der Waals surface area contributed by atoms with E-state index in [1.54, 1.807) is 0 Å². The van der Waals surface area contributed by atoms with Crippen LogP contribution in [-0.4, -0.2) is 33.1 Å². The summed E-state index contributed by atoms with van der Waals surface area (Å²) in [7, 11) is 0. The summed E-state index contributed by atoms with van der Waals surface area (Å²) in [6, 6.07) is 0. The van der Waals surface area contributed by atoms with Crippen LogP contribution in [0, 0.1) is 0 Å². The van der Waals surface area contributed by atoms with Gasteiger partial charge in [-0.1, -0.05) is 31.9 Å². The molecule has 0 aromatic rings. The maximum Gasteiger partial charge on any atom is 0.0903 e. The van der Waals surface area contributed by atoms with Crippen LogP contribution in [0.25, 0.3) is 0 Å². The van der Waals surface area contributed by atoms with Gasteiger partial charge in [0.15, 0.2) is 0 Å². The highest BCUT2D eigenvalue weighted by molar-refractivity contribution is 9.12. The van der Waals surface area contributed by atoms with Gasteiger partial charge in [-0.15, -0.1) is 0 Å². The van der Waals surface area contributed by atoms with E-state index in [2.05, 4.69) is 31.9 Å². The second kappa shape index (κ2) is 4.73. The van der Waals surface area contributed by atoms with Crippen molar-refractivity contribution in [2.24, 2.45) is 0 Å². The van der Waals surface area contributed by atoms with Crippen LogP contribution in [0.3, 0.4) is 0 Å². The van der Waals surface area contributed by atoms with Gasteiger partial charge in [-0.25, -0.2) is 0 Å². The van der Waals surface area contributed by atoms with E-state index in [1.165, 1.54) is 0 Å². The van der Waals surface area contributed by atoms with Crippen molar-refractivity contribution in [3.8, 4) is 0 Å². The molecule has 2 N–H and O–H groups in total. The molecule has 0 spiro atoms. The van der Waals surface area contributed by atoms with Gasteiger partial charge < -0.3 is 10.2 Å². The van der Waals surface area contributed by atoms with Crippen molar-refractivity contribution in [3.05, 3.63) is 0 Å². The van der Waals surface area contributed by atoms with Crippen LogP contribution in [0.5, 0.6) is 0 Å². The third-order valence-electron chi connectivity index (χ3n) is 0.752. The van der Waals surface area contributed by atoms with E-state index in [0.29, 0.717) is 5.33 Å². The van der Waals surface area contributed by atoms with Crippen LogP contribution in [-0.2, 0) is 0 Å². The van der Waals surface area contributed by atoms with Crippen LogP contribution < -0.4 is 0 Å². The Morgan fingerprint density at radius 3 is 2.12 bits per heavy atom. The van der Waals surface area contributed by atoms with Crippen molar-refractivity contribution in [1.82, 2.24) is 0 Å². The molecule has 0 aromatic heterocycles. The number of halogens is 2. The number of alkyl halides is 2. The zero-order chi connectivity index (χ0) is 6.57. The monoisotopic (exact) mass is 246 g/mol. The molecule has 0 aliphatic carbocycles. The summed E-state index contributed by atoms with van der Waals surface area (Å²) >= 11 is 6.28. The molecular weight excluding hydrogens is 240 g/mol. The van der Waals surface area contributed by atoms with E-state index < -0.39 is 6.10 Å². The molecule has 0 aliphatic heterocycles. The summed E-state index contributed by atoms with van der Waals surface area (Å²) in [6.07, 6.45) is -0.658. The summed E-state index contributed by atoms with van der Waals surface area (Å²) in [5.41, 5.74) is 0. The van der Waals surface area contributed by atoms with Crippen LogP contribution in [0.1, 0.15) is 0 Å². The van der Waals surface area contributed by atoms with Gasteiger partial charge in [0.25, 0.3) is 0 Å². The van der Waals surface area contributed by atoms with Gasteiger partial charge in [-0.05, 0) is 0 Å². The molecule has 8 heavy (non-hydrogen) atoms. The van der Waals surface area contributed by atoms with Gasteiger partial charge in [-0.3, -0.25) is 0 Å². The standard InChI is InChI=1S/C4H8Br2O2/c5-1-3(6)4(8)2-7/h3-4,7-8H,1-2H2. The summed E-state index contributed by atoms with van der Waals surface area (Å²) in [5.74, 6) is 0. The smallest absolute Gasteiger partial charge is 0.0903 e. The first-order valence-electron chi connectivity index (χ1n) is 2.21. The Labute approximate surface area is 65.2 Å². The Morgan fingerprint density at radius 1 is 1.50 bits per heavy atom. The number of hydrogen-bond donors (Lipinski definition) is 2. The second-order valence-electron chi connectivity index (χ2n) is 1.42. The fourth-order valence-electron chi connectivity index (χ4n) is 0.217. The molecule has 0 aromatic carbocycles. The first-order chi connectivity index (χ1) is 3.72. The zero-order valence-electron chi connectivity index (χ0n) is 4.22. The molecule has 0 fully saturated rings. The normalized spacial score (nSPS) is 18.0. The molecule has 0 saturated carbocycles. The van der Waals surface area contributed by atoms with Gasteiger partial charge in [0.2, 0.25) is 0 Å². The van der Waals surface area contributed by atoms with Crippen LogP contribution in [0.2, 0.25) is 0 Å². The predicted molar refractivity (Wildman–Crippen MR) is 39.6 cm³/mol. The lowest BCUT2D eigenvalue weighted by Gasteiger charge is -2.10. The topological polar surface area (TPSA) is 40.5 Å². The molecule has 2 atom stereocenters. The first kappa shape index (κ1) is 8.88. The molecule has 2 nitrogen and oxygen atoms in total. The molecule has 0 amide bonds.